The number of sulfonamides is 1. The van der Waals surface area contributed by atoms with Gasteiger partial charge in [-0.1, -0.05) is 24.1 Å². The van der Waals surface area contributed by atoms with Crippen molar-refractivity contribution in [3.05, 3.63) is 30.3 Å². The van der Waals surface area contributed by atoms with Crippen molar-refractivity contribution >= 4 is 27.7 Å². The Balaban J connectivity index is 2.85. The van der Waals surface area contributed by atoms with E-state index in [-0.39, 0.29) is 11.4 Å². The van der Waals surface area contributed by atoms with Crippen LogP contribution in [0.2, 0.25) is 0 Å². The van der Waals surface area contributed by atoms with Crippen LogP contribution in [0.5, 0.6) is 0 Å². The third kappa shape index (κ3) is 5.79. The summed E-state index contributed by atoms with van der Waals surface area (Å²) in [7, 11) is -3.73. The summed E-state index contributed by atoms with van der Waals surface area (Å²) in [5, 5.41) is 2.50. The number of benzene rings is 1. The number of hydrogen-bond donors (Lipinski definition) is 2. The number of terminal acetylenes is 1. The maximum absolute atomic E-state index is 12.2. The SMILES string of the molecule is C#CCNC(=O)C(CCSC)NS(=O)(=O)c1ccccc1. The van der Waals surface area contributed by atoms with Gasteiger partial charge < -0.3 is 5.32 Å². The average molecular weight is 326 g/mol. The van der Waals surface area contributed by atoms with Crippen LogP contribution in [0.15, 0.2) is 35.2 Å². The topological polar surface area (TPSA) is 75.3 Å². The van der Waals surface area contributed by atoms with Gasteiger partial charge in [-0.3, -0.25) is 4.79 Å². The first-order valence-corrected chi connectivity index (χ1v) is 9.16. The molecule has 21 heavy (non-hydrogen) atoms. The monoisotopic (exact) mass is 326 g/mol. The van der Waals surface area contributed by atoms with Gasteiger partial charge in [-0.05, 0) is 30.6 Å². The van der Waals surface area contributed by atoms with Crippen LogP contribution in [0, 0.1) is 12.3 Å². The fourth-order valence-electron chi connectivity index (χ4n) is 1.60. The highest BCUT2D eigenvalue weighted by atomic mass is 32.2. The lowest BCUT2D eigenvalue weighted by molar-refractivity contribution is -0.122. The van der Waals surface area contributed by atoms with E-state index < -0.39 is 22.0 Å². The summed E-state index contributed by atoms with van der Waals surface area (Å²) >= 11 is 1.54. The van der Waals surface area contributed by atoms with Crippen molar-refractivity contribution in [2.24, 2.45) is 0 Å². The highest BCUT2D eigenvalue weighted by molar-refractivity contribution is 7.98. The Bertz CT molecular complexity index is 594. The second-order valence-corrected chi connectivity index (χ2v) is 6.89. The van der Waals surface area contributed by atoms with Crippen molar-refractivity contribution in [2.45, 2.75) is 17.4 Å². The fourth-order valence-corrected chi connectivity index (χ4v) is 3.32. The Morgan fingerprint density at radius 3 is 2.62 bits per heavy atom. The molecular formula is C14H18N2O3S2. The summed E-state index contributed by atoms with van der Waals surface area (Å²) in [6.07, 6.45) is 7.37. The molecule has 1 aromatic carbocycles. The van der Waals surface area contributed by atoms with Gasteiger partial charge in [-0.2, -0.15) is 16.5 Å². The van der Waals surface area contributed by atoms with Crippen LogP contribution in [0.4, 0.5) is 0 Å². The predicted octanol–water partition coefficient (Wildman–Crippen LogP) is 0.836. The summed E-state index contributed by atoms with van der Waals surface area (Å²) < 4.78 is 26.9. The van der Waals surface area contributed by atoms with Crippen LogP contribution in [-0.2, 0) is 14.8 Å². The van der Waals surface area contributed by atoms with Crippen molar-refractivity contribution in [3.8, 4) is 12.3 Å². The molecule has 0 radical (unpaired) electrons. The van der Waals surface area contributed by atoms with E-state index in [4.69, 9.17) is 6.42 Å². The number of nitrogens with one attached hydrogen (secondary N) is 2. The Kier molecular flexibility index (Phi) is 7.29. The van der Waals surface area contributed by atoms with Crippen LogP contribution < -0.4 is 10.0 Å². The van der Waals surface area contributed by atoms with E-state index in [1.54, 1.807) is 18.2 Å². The summed E-state index contributed by atoms with van der Waals surface area (Å²) in [5.74, 6) is 2.53. The van der Waals surface area contributed by atoms with Gasteiger partial charge in [0.1, 0.15) is 6.04 Å². The Morgan fingerprint density at radius 1 is 1.38 bits per heavy atom. The predicted molar refractivity (Wildman–Crippen MR) is 85.4 cm³/mol. The van der Waals surface area contributed by atoms with E-state index in [1.165, 1.54) is 23.9 Å². The number of carbonyl (C=O) groups is 1. The molecule has 114 valence electrons. The lowest BCUT2D eigenvalue weighted by Gasteiger charge is -2.17. The van der Waals surface area contributed by atoms with Crippen LogP contribution in [-0.4, -0.2) is 38.9 Å². The molecule has 0 spiro atoms. The molecule has 0 heterocycles. The van der Waals surface area contributed by atoms with Gasteiger partial charge >= 0.3 is 0 Å². The Hall–Kier alpha value is -1.49. The Morgan fingerprint density at radius 2 is 2.05 bits per heavy atom. The van der Waals surface area contributed by atoms with Gasteiger partial charge in [0.15, 0.2) is 0 Å². The number of hydrogen-bond acceptors (Lipinski definition) is 4. The van der Waals surface area contributed by atoms with Gasteiger partial charge in [0.25, 0.3) is 0 Å². The standard InChI is InChI=1S/C14H18N2O3S2/c1-3-10-15-14(17)13(9-11-20-2)16-21(18,19)12-7-5-4-6-8-12/h1,4-8,13,16H,9-11H2,2H3,(H,15,17). The molecule has 7 heteroatoms. The molecule has 0 aromatic heterocycles. The molecule has 0 aliphatic heterocycles. The first-order valence-electron chi connectivity index (χ1n) is 6.28. The second-order valence-electron chi connectivity index (χ2n) is 4.19. The quantitative estimate of drug-likeness (QED) is 0.694. The molecule has 5 nitrogen and oxygen atoms in total. The molecule has 0 aliphatic carbocycles. The summed E-state index contributed by atoms with van der Waals surface area (Å²) in [6.45, 7) is 0.0711. The number of carbonyl (C=O) groups excluding carboxylic acids is 1. The highest BCUT2D eigenvalue weighted by Crippen LogP contribution is 2.10. The molecule has 1 rings (SSSR count). The number of amides is 1. The van der Waals surface area contributed by atoms with Gasteiger partial charge in [-0.25, -0.2) is 8.42 Å². The lowest BCUT2D eigenvalue weighted by atomic mass is 10.2. The van der Waals surface area contributed by atoms with Crippen molar-refractivity contribution < 1.29 is 13.2 Å². The third-order valence-electron chi connectivity index (χ3n) is 2.64. The van der Waals surface area contributed by atoms with Gasteiger partial charge in [-0.15, -0.1) is 6.42 Å². The minimum absolute atomic E-state index is 0.0711. The van der Waals surface area contributed by atoms with Crippen molar-refractivity contribution in [1.29, 1.82) is 0 Å². The molecular weight excluding hydrogens is 308 g/mol. The van der Waals surface area contributed by atoms with Gasteiger partial charge in [0, 0.05) is 0 Å². The molecule has 0 fully saturated rings. The van der Waals surface area contributed by atoms with Crippen molar-refractivity contribution in [2.75, 3.05) is 18.6 Å². The van der Waals surface area contributed by atoms with E-state index in [1.807, 2.05) is 6.26 Å². The molecule has 1 atom stereocenters. The average Bonchev–Trinajstić information content (AvgIpc) is 2.49. The smallest absolute Gasteiger partial charge is 0.241 e. The zero-order valence-corrected chi connectivity index (χ0v) is 13.3. The largest absolute Gasteiger partial charge is 0.344 e. The third-order valence-corrected chi connectivity index (χ3v) is 4.77. The van der Waals surface area contributed by atoms with Gasteiger partial charge in [0.2, 0.25) is 15.9 Å². The maximum Gasteiger partial charge on any atom is 0.241 e. The van der Waals surface area contributed by atoms with Crippen LogP contribution in [0.3, 0.4) is 0 Å². The lowest BCUT2D eigenvalue weighted by Crippen LogP contribution is -2.47. The van der Waals surface area contributed by atoms with Crippen LogP contribution in [0.1, 0.15) is 6.42 Å². The first-order chi connectivity index (χ1) is 10.0. The first kappa shape index (κ1) is 17.6. The van der Waals surface area contributed by atoms with Crippen LogP contribution in [0.25, 0.3) is 0 Å². The zero-order valence-electron chi connectivity index (χ0n) is 11.7. The van der Waals surface area contributed by atoms with Crippen molar-refractivity contribution in [3.63, 3.8) is 0 Å². The van der Waals surface area contributed by atoms with E-state index in [9.17, 15) is 13.2 Å². The molecule has 1 aromatic rings. The minimum Gasteiger partial charge on any atom is -0.344 e. The number of thioether (sulfide) groups is 1. The molecule has 2 N–H and O–H groups in total. The summed E-state index contributed by atoms with van der Waals surface area (Å²) in [5.41, 5.74) is 0. The maximum atomic E-state index is 12.2. The van der Waals surface area contributed by atoms with E-state index in [0.29, 0.717) is 12.2 Å². The molecule has 0 saturated carbocycles. The molecule has 0 saturated heterocycles. The summed E-state index contributed by atoms with van der Waals surface area (Å²) in [4.78, 5) is 12.1. The van der Waals surface area contributed by atoms with Crippen LogP contribution >= 0.6 is 11.8 Å². The Labute approximate surface area is 129 Å². The molecule has 1 amide bonds. The van der Waals surface area contributed by atoms with E-state index in [0.717, 1.165) is 0 Å². The highest BCUT2D eigenvalue weighted by Gasteiger charge is 2.24. The van der Waals surface area contributed by atoms with Crippen molar-refractivity contribution in [1.82, 2.24) is 10.0 Å². The van der Waals surface area contributed by atoms with Gasteiger partial charge in [0.05, 0.1) is 11.4 Å². The molecule has 1 unspecified atom stereocenters. The second kappa shape index (κ2) is 8.72. The minimum atomic E-state index is -3.73. The summed E-state index contributed by atoms with van der Waals surface area (Å²) in [6, 6.07) is 7.11. The number of rotatable bonds is 8. The fraction of sp³-hybridized carbons (Fsp3) is 0.357. The van der Waals surface area contributed by atoms with E-state index >= 15 is 0 Å². The zero-order chi connectivity index (χ0) is 15.7. The van der Waals surface area contributed by atoms with E-state index in [2.05, 4.69) is 16.0 Å². The molecule has 0 aliphatic rings. The normalized spacial score (nSPS) is 12.4. The molecule has 0 bridgehead atoms.